The number of alkyl halides is 1. The summed E-state index contributed by atoms with van der Waals surface area (Å²) >= 11 is 0. The zero-order valence-electron chi connectivity index (χ0n) is 14.7. The number of carbonyl (C=O) groups excluding carboxylic acids is 1. The monoisotopic (exact) mass is 367 g/mol. The number of imidazole rings is 1. The van der Waals surface area contributed by atoms with Crippen molar-refractivity contribution in [1.29, 1.82) is 0 Å². The summed E-state index contributed by atoms with van der Waals surface area (Å²) in [7, 11) is 0. The number of rotatable bonds is 3. The summed E-state index contributed by atoms with van der Waals surface area (Å²) in [6.45, 7) is 1.53. The second-order valence-electron chi connectivity index (χ2n) is 6.78. The van der Waals surface area contributed by atoms with Gasteiger partial charge in [0.15, 0.2) is 0 Å². The van der Waals surface area contributed by atoms with E-state index in [0.717, 1.165) is 17.0 Å². The number of carboxylic acids is 1. The third-order valence-electron chi connectivity index (χ3n) is 4.97. The number of fused-ring (bicyclic) bond motifs is 1. The van der Waals surface area contributed by atoms with Crippen LogP contribution in [0.25, 0.3) is 16.7 Å². The van der Waals surface area contributed by atoms with Gasteiger partial charge in [0.2, 0.25) is 5.67 Å². The maximum atomic E-state index is 14.2. The lowest BCUT2D eigenvalue weighted by Crippen LogP contribution is -2.38. The number of para-hydroxylation sites is 1. The first-order valence-electron chi connectivity index (χ1n) is 8.65. The molecule has 0 bridgehead atoms. The molecule has 2 aromatic carbocycles. The van der Waals surface area contributed by atoms with Crippen molar-refractivity contribution in [3.8, 4) is 5.69 Å². The average Bonchev–Trinajstić information content (AvgIpc) is 3.21. The number of likely N-dealkylation sites (tertiary alicyclic amines) is 1. The van der Waals surface area contributed by atoms with Gasteiger partial charge in [0, 0.05) is 24.2 Å². The zero-order valence-corrected chi connectivity index (χ0v) is 14.7. The van der Waals surface area contributed by atoms with Crippen LogP contribution in [-0.2, 0) is 4.79 Å². The molecule has 0 aliphatic carbocycles. The first kappa shape index (κ1) is 17.2. The lowest BCUT2D eigenvalue weighted by atomic mass is 10.1. The van der Waals surface area contributed by atoms with Crippen molar-refractivity contribution in [2.75, 3.05) is 13.1 Å². The van der Waals surface area contributed by atoms with Crippen molar-refractivity contribution in [2.45, 2.75) is 19.0 Å². The van der Waals surface area contributed by atoms with E-state index in [-0.39, 0.29) is 18.9 Å². The number of aliphatic carboxylic acids is 1. The highest BCUT2D eigenvalue weighted by Gasteiger charge is 2.47. The molecule has 4 rings (SSSR count). The fourth-order valence-corrected chi connectivity index (χ4v) is 3.54. The molecule has 1 aromatic heterocycles. The van der Waals surface area contributed by atoms with Gasteiger partial charge < -0.3 is 10.0 Å². The van der Waals surface area contributed by atoms with E-state index in [2.05, 4.69) is 4.98 Å². The number of benzene rings is 2. The number of carbonyl (C=O) groups is 2. The molecule has 3 aromatic rings. The highest BCUT2D eigenvalue weighted by molar-refractivity contribution is 5.98. The summed E-state index contributed by atoms with van der Waals surface area (Å²) in [6, 6.07) is 14.9. The van der Waals surface area contributed by atoms with Gasteiger partial charge >= 0.3 is 5.97 Å². The molecule has 1 unspecified atom stereocenters. The summed E-state index contributed by atoms with van der Waals surface area (Å²) in [4.78, 5) is 29.5. The minimum absolute atomic E-state index is 0.0805. The number of hydrogen-bond acceptors (Lipinski definition) is 3. The van der Waals surface area contributed by atoms with Gasteiger partial charge in [-0.2, -0.15) is 0 Å². The van der Waals surface area contributed by atoms with Crippen LogP contribution in [0.1, 0.15) is 22.6 Å². The minimum Gasteiger partial charge on any atom is -0.479 e. The van der Waals surface area contributed by atoms with E-state index in [0.29, 0.717) is 11.1 Å². The van der Waals surface area contributed by atoms with E-state index >= 15 is 0 Å². The fraction of sp³-hybridized carbons (Fsp3) is 0.250. The summed E-state index contributed by atoms with van der Waals surface area (Å²) in [5.74, 6) is -1.12. The Balaban J connectivity index is 1.67. The standard InChI is InChI=1S/C20H18FN3O3/c1-13-22-16-11-14(18(25)23-10-9-20(21,12-23)19(26)27)7-8-17(16)24(13)15-5-3-2-4-6-15/h2-8,11H,9-10,12H2,1H3,(H,26,27). The third-order valence-corrected chi connectivity index (χ3v) is 4.97. The Morgan fingerprint density at radius 2 is 1.93 bits per heavy atom. The first-order valence-corrected chi connectivity index (χ1v) is 8.65. The van der Waals surface area contributed by atoms with Crippen molar-refractivity contribution in [2.24, 2.45) is 0 Å². The van der Waals surface area contributed by atoms with E-state index in [1.807, 2.05) is 47.9 Å². The molecule has 1 atom stereocenters. The van der Waals surface area contributed by atoms with Crippen LogP contribution in [0, 0.1) is 6.92 Å². The van der Waals surface area contributed by atoms with E-state index < -0.39 is 18.2 Å². The van der Waals surface area contributed by atoms with Crippen molar-refractivity contribution in [3.05, 3.63) is 59.9 Å². The van der Waals surface area contributed by atoms with Crippen LogP contribution >= 0.6 is 0 Å². The molecule has 27 heavy (non-hydrogen) atoms. The van der Waals surface area contributed by atoms with E-state index in [1.165, 1.54) is 4.90 Å². The molecule has 1 fully saturated rings. The molecule has 1 saturated heterocycles. The van der Waals surface area contributed by atoms with Gasteiger partial charge in [-0.15, -0.1) is 0 Å². The number of amides is 1. The number of nitrogens with zero attached hydrogens (tertiary/aromatic N) is 3. The van der Waals surface area contributed by atoms with Crippen LogP contribution in [-0.4, -0.2) is 50.2 Å². The fourth-order valence-electron chi connectivity index (χ4n) is 3.54. The van der Waals surface area contributed by atoms with Crippen molar-refractivity contribution < 1.29 is 19.1 Å². The van der Waals surface area contributed by atoms with Crippen LogP contribution in [0.4, 0.5) is 4.39 Å². The molecule has 1 aliphatic rings. The summed E-state index contributed by atoms with van der Waals surface area (Å²) < 4.78 is 16.2. The Morgan fingerprint density at radius 1 is 1.19 bits per heavy atom. The maximum absolute atomic E-state index is 14.2. The minimum atomic E-state index is -2.37. The first-order chi connectivity index (χ1) is 12.9. The van der Waals surface area contributed by atoms with E-state index in [9.17, 15) is 14.0 Å². The normalized spacial score (nSPS) is 19.6. The quantitative estimate of drug-likeness (QED) is 0.772. The molecule has 6 nitrogen and oxygen atoms in total. The largest absolute Gasteiger partial charge is 0.479 e. The second-order valence-corrected chi connectivity index (χ2v) is 6.78. The van der Waals surface area contributed by atoms with Gasteiger partial charge in [0.1, 0.15) is 5.82 Å². The van der Waals surface area contributed by atoms with Gasteiger partial charge in [-0.25, -0.2) is 14.2 Å². The zero-order chi connectivity index (χ0) is 19.2. The van der Waals surface area contributed by atoms with E-state index in [4.69, 9.17) is 5.11 Å². The number of carboxylic acid groups (broad SMARTS) is 1. The smallest absolute Gasteiger partial charge is 0.343 e. The highest BCUT2D eigenvalue weighted by atomic mass is 19.1. The molecule has 0 radical (unpaired) electrons. The van der Waals surface area contributed by atoms with Crippen LogP contribution in [0.15, 0.2) is 48.5 Å². The van der Waals surface area contributed by atoms with Gasteiger partial charge in [0.25, 0.3) is 5.91 Å². The number of aromatic nitrogens is 2. The molecule has 1 amide bonds. The Kier molecular flexibility index (Phi) is 3.95. The molecular formula is C20H18FN3O3. The molecule has 7 heteroatoms. The van der Waals surface area contributed by atoms with Gasteiger partial charge in [-0.1, -0.05) is 18.2 Å². The van der Waals surface area contributed by atoms with Gasteiger partial charge in [-0.3, -0.25) is 9.36 Å². The molecule has 1 aliphatic heterocycles. The van der Waals surface area contributed by atoms with Gasteiger partial charge in [-0.05, 0) is 37.3 Å². The Morgan fingerprint density at radius 3 is 2.59 bits per heavy atom. The third kappa shape index (κ3) is 2.85. The topological polar surface area (TPSA) is 75.4 Å². The molecule has 1 N–H and O–H groups in total. The summed E-state index contributed by atoms with van der Waals surface area (Å²) in [5.41, 5.74) is 0.494. The lowest BCUT2D eigenvalue weighted by molar-refractivity contribution is -0.149. The van der Waals surface area contributed by atoms with Crippen LogP contribution in [0.2, 0.25) is 0 Å². The number of halogens is 1. The van der Waals surface area contributed by atoms with Gasteiger partial charge in [0.05, 0.1) is 17.6 Å². The van der Waals surface area contributed by atoms with E-state index in [1.54, 1.807) is 12.1 Å². The predicted molar refractivity (Wildman–Crippen MR) is 97.8 cm³/mol. The second kappa shape index (κ2) is 6.19. The molecule has 0 saturated carbocycles. The average molecular weight is 367 g/mol. The molecule has 138 valence electrons. The lowest BCUT2D eigenvalue weighted by Gasteiger charge is -2.17. The molecule has 0 spiro atoms. The van der Waals surface area contributed by atoms with Crippen LogP contribution in [0.3, 0.4) is 0 Å². The predicted octanol–water partition coefficient (Wildman–Crippen LogP) is 2.97. The Hall–Kier alpha value is -3.22. The van der Waals surface area contributed by atoms with Crippen molar-refractivity contribution in [3.63, 3.8) is 0 Å². The highest BCUT2D eigenvalue weighted by Crippen LogP contribution is 2.28. The van der Waals surface area contributed by atoms with Crippen molar-refractivity contribution in [1.82, 2.24) is 14.5 Å². The molecular weight excluding hydrogens is 349 g/mol. The Bertz CT molecular complexity index is 1050. The Labute approximate surface area is 154 Å². The SMILES string of the molecule is Cc1nc2cc(C(=O)N3CCC(F)(C(=O)O)C3)ccc2n1-c1ccccc1. The number of aryl methyl sites for hydroxylation is 1. The molecule has 2 heterocycles. The van der Waals surface area contributed by atoms with Crippen molar-refractivity contribution >= 4 is 22.9 Å². The maximum Gasteiger partial charge on any atom is 0.343 e. The summed E-state index contributed by atoms with van der Waals surface area (Å²) in [5, 5.41) is 9.00. The van der Waals surface area contributed by atoms with Crippen LogP contribution < -0.4 is 0 Å². The number of hydrogen-bond donors (Lipinski definition) is 1. The summed E-state index contributed by atoms with van der Waals surface area (Å²) in [6.07, 6.45) is -0.196. The van der Waals surface area contributed by atoms with Crippen LogP contribution in [0.5, 0.6) is 0 Å².